The van der Waals surface area contributed by atoms with Crippen LogP contribution in [-0.4, -0.2) is 16.3 Å². The minimum atomic E-state index is -2.55. The van der Waals surface area contributed by atoms with Gasteiger partial charge in [0, 0.05) is 12.7 Å². The van der Waals surface area contributed by atoms with Crippen molar-refractivity contribution in [1.29, 1.82) is 0 Å². The molecule has 0 atom stereocenters. The Morgan fingerprint density at radius 2 is 2.20 bits per heavy atom. The van der Waals surface area contributed by atoms with Crippen molar-refractivity contribution in [2.75, 3.05) is 6.54 Å². The van der Waals surface area contributed by atoms with Crippen LogP contribution >= 0.6 is 0 Å². The molecule has 1 aromatic rings. The Balaban J connectivity index is 2.34. The standard InChI is InChI=1S/C10H17F2N3/c1-8(2)3-5-13-7-9-4-6-14-15(9)10(11)12/h4,6,8,10,13H,3,5,7H2,1-2H3. The molecule has 1 heterocycles. The van der Waals surface area contributed by atoms with Crippen LogP contribution in [0.1, 0.15) is 32.5 Å². The molecule has 0 bridgehead atoms. The maximum absolute atomic E-state index is 12.4. The van der Waals surface area contributed by atoms with Gasteiger partial charge in [0.2, 0.25) is 0 Å². The van der Waals surface area contributed by atoms with Crippen LogP contribution in [0, 0.1) is 5.92 Å². The van der Waals surface area contributed by atoms with E-state index in [2.05, 4.69) is 24.3 Å². The Hall–Kier alpha value is -0.970. The van der Waals surface area contributed by atoms with Crippen molar-refractivity contribution in [3.8, 4) is 0 Å². The highest BCUT2D eigenvalue weighted by Crippen LogP contribution is 2.11. The molecule has 1 aromatic heterocycles. The molecule has 1 N–H and O–H groups in total. The molecule has 0 aliphatic heterocycles. The van der Waals surface area contributed by atoms with Gasteiger partial charge in [0.25, 0.3) is 0 Å². The first kappa shape index (κ1) is 12.1. The molecule has 0 aromatic carbocycles. The number of rotatable bonds is 6. The van der Waals surface area contributed by atoms with Crippen molar-refractivity contribution >= 4 is 0 Å². The minimum Gasteiger partial charge on any atom is -0.311 e. The van der Waals surface area contributed by atoms with Gasteiger partial charge in [-0.05, 0) is 24.9 Å². The number of nitrogens with zero attached hydrogens (tertiary/aromatic N) is 2. The average Bonchev–Trinajstić information content (AvgIpc) is 2.60. The van der Waals surface area contributed by atoms with Gasteiger partial charge in [-0.15, -0.1) is 0 Å². The summed E-state index contributed by atoms with van der Waals surface area (Å²) in [5.74, 6) is 0.623. The fourth-order valence-corrected chi connectivity index (χ4v) is 1.26. The molecule has 3 nitrogen and oxygen atoms in total. The number of hydrogen-bond acceptors (Lipinski definition) is 2. The van der Waals surface area contributed by atoms with E-state index in [4.69, 9.17) is 0 Å². The zero-order valence-electron chi connectivity index (χ0n) is 9.08. The Morgan fingerprint density at radius 3 is 2.80 bits per heavy atom. The largest absolute Gasteiger partial charge is 0.333 e. The molecule has 0 saturated carbocycles. The Kier molecular flexibility index (Phi) is 4.68. The normalized spacial score (nSPS) is 11.6. The molecule has 0 unspecified atom stereocenters. The smallest absolute Gasteiger partial charge is 0.311 e. The van der Waals surface area contributed by atoms with Gasteiger partial charge in [-0.2, -0.15) is 13.9 Å². The van der Waals surface area contributed by atoms with Gasteiger partial charge >= 0.3 is 6.55 Å². The number of halogens is 2. The van der Waals surface area contributed by atoms with E-state index in [-0.39, 0.29) is 0 Å². The van der Waals surface area contributed by atoms with Crippen molar-refractivity contribution in [1.82, 2.24) is 15.1 Å². The third-order valence-corrected chi connectivity index (χ3v) is 2.14. The first-order valence-corrected chi connectivity index (χ1v) is 5.12. The second-order valence-electron chi connectivity index (χ2n) is 3.90. The summed E-state index contributed by atoms with van der Waals surface area (Å²) >= 11 is 0. The summed E-state index contributed by atoms with van der Waals surface area (Å²) in [5.41, 5.74) is 0.522. The second-order valence-corrected chi connectivity index (χ2v) is 3.90. The van der Waals surface area contributed by atoms with E-state index in [0.717, 1.165) is 17.6 Å². The second kappa shape index (κ2) is 5.80. The van der Waals surface area contributed by atoms with Gasteiger partial charge < -0.3 is 5.32 Å². The van der Waals surface area contributed by atoms with Gasteiger partial charge in [0.05, 0.1) is 5.69 Å². The van der Waals surface area contributed by atoms with Crippen molar-refractivity contribution < 1.29 is 8.78 Å². The molecule has 0 radical (unpaired) electrons. The van der Waals surface area contributed by atoms with Gasteiger partial charge in [-0.1, -0.05) is 13.8 Å². The highest BCUT2D eigenvalue weighted by atomic mass is 19.3. The maximum atomic E-state index is 12.4. The SMILES string of the molecule is CC(C)CCNCc1ccnn1C(F)F. The number of aromatic nitrogens is 2. The molecule has 0 saturated heterocycles. The van der Waals surface area contributed by atoms with Gasteiger partial charge in [-0.25, -0.2) is 4.68 Å². The lowest BCUT2D eigenvalue weighted by Crippen LogP contribution is -2.19. The Morgan fingerprint density at radius 1 is 1.47 bits per heavy atom. The quantitative estimate of drug-likeness (QED) is 0.741. The third-order valence-electron chi connectivity index (χ3n) is 2.14. The molecule has 0 aliphatic carbocycles. The first-order valence-electron chi connectivity index (χ1n) is 5.12. The summed E-state index contributed by atoms with van der Waals surface area (Å²) in [4.78, 5) is 0. The van der Waals surface area contributed by atoms with Crippen LogP contribution in [0.4, 0.5) is 8.78 Å². The molecule has 0 amide bonds. The average molecular weight is 217 g/mol. The van der Waals surface area contributed by atoms with E-state index in [0.29, 0.717) is 18.2 Å². The summed E-state index contributed by atoms with van der Waals surface area (Å²) in [6, 6.07) is 1.61. The Labute approximate surface area is 88.5 Å². The van der Waals surface area contributed by atoms with E-state index in [1.165, 1.54) is 6.20 Å². The van der Waals surface area contributed by atoms with E-state index in [1.807, 2.05) is 0 Å². The third kappa shape index (κ3) is 3.95. The molecule has 0 aliphatic rings. The summed E-state index contributed by atoms with van der Waals surface area (Å²) < 4.78 is 25.5. The van der Waals surface area contributed by atoms with Crippen molar-refractivity contribution in [2.45, 2.75) is 33.4 Å². The minimum absolute atomic E-state index is 0.442. The monoisotopic (exact) mass is 217 g/mol. The lowest BCUT2D eigenvalue weighted by Gasteiger charge is -2.08. The number of hydrogen-bond donors (Lipinski definition) is 1. The van der Waals surface area contributed by atoms with E-state index < -0.39 is 6.55 Å². The predicted octanol–water partition coefficient (Wildman–Crippen LogP) is 2.41. The molecule has 1 rings (SSSR count). The highest BCUT2D eigenvalue weighted by molar-refractivity contribution is 5.00. The van der Waals surface area contributed by atoms with Crippen LogP contribution in [0.2, 0.25) is 0 Å². The van der Waals surface area contributed by atoms with E-state index >= 15 is 0 Å². The molecular formula is C10H17F2N3. The zero-order valence-corrected chi connectivity index (χ0v) is 9.08. The Bertz CT molecular complexity index is 284. The van der Waals surface area contributed by atoms with Crippen molar-refractivity contribution in [2.24, 2.45) is 5.92 Å². The van der Waals surface area contributed by atoms with Crippen LogP contribution < -0.4 is 5.32 Å². The van der Waals surface area contributed by atoms with Crippen LogP contribution in [0.25, 0.3) is 0 Å². The molecule has 0 spiro atoms. The van der Waals surface area contributed by atoms with Crippen molar-refractivity contribution in [3.63, 3.8) is 0 Å². The number of nitrogens with one attached hydrogen (secondary N) is 1. The van der Waals surface area contributed by atoms with Crippen LogP contribution in [0.5, 0.6) is 0 Å². The van der Waals surface area contributed by atoms with Crippen LogP contribution in [0.15, 0.2) is 12.3 Å². The number of alkyl halides is 2. The lowest BCUT2D eigenvalue weighted by molar-refractivity contribution is 0.0531. The topological polar surface area (TPSA) is 29.9 Å². The van der Waals surface area contributed by atoms with Crippen LogP contribution in [0.3, 0.4) is 0 Å². The summed E-state index contributed by atoms with van der Waals surface area (Å²) in [7, 11) is 0. The van der Waals surface area contributed by atoms with Crippen LogP contribution in [-0.2, 0) is 6.54 Å². The highest BCUT2D eigenvalue weighted by Gasteiger charge is 2.10. The van der Waals surface area contributed by atoms with E-state index in [9.17, 15) is 8.78 Å². The summed E-state index contributed by atoms with van der Waals surface area (Å²) in [6.07, 6.45) is 2.44. The van der Waals surface area contributed by atoms with Gasteiger partial charge in [0.1, 0.15) is 0 Å². The lowest BCUT2D eigenvalue weighted by atomic mass is 10.1. The maximum Gasteiger partial charge on any atom is 0.333 e. The first-order chi connectivity index (χ1) is 7.11. The molecule has 15 heavy (non-hydrogen) atoms. The van der Waals surface area contributed by atoms with Gasteiger partial charge in [0.15, 0.2) is 0 Å². The molecule has 86 valence electrons. The summed E-state index contributed by atoms with van der Waals surface area (Å²) in [5, 5.41) is 6.68. The van der Waals surface area contributed by atoms with Gasteiger partial charge in [-0.3, -0.25) is 0 Å². The summed E-state index contributed by atoms with van der Waals surface area (Å²) in [6.45, 7) is 2.99. The predicted molar refractivity (Wildman–Crippen MR) is 54.6 cm³/mol. The molecule has 0 fully saturated rings. The molecule has 5 heteroatoms. The fraction of sp³-hybridized carbons (Fsp3) is 0.700. The zero-order chi connectivity index (χ0) is 11.3. The van der Waals surface area contributed by atoms with E-state index in [1.54, 1.807) is 6.07 Å². The molecular weight excluding hydrogens is 200 g/mol. The van der Waals surface area contributed by atoms with Crippen molar-refractivity contribution in [3.05, 3.63) is 18.0 Å². The fourth-order valence-electron chi connectivity index (χ4n) is 1.26.